The van der Waals surface area contributed by atoms with Gasteiger partial charge in [0.05, 0.1) is 6.04 Å². The van der Waals surface area contributed by atoms with Crippen molar-refractivity contribution in [3.05, 3.63) is 56.8 Å². The van der Waals surface area contributed by atoms with E-state index < -0.39 is 0 Å². The zero-order valence-electron chi connectivity index (χ0n) is 10.8. The summed E-state index contributed by atoms with van der Waals surface area (Å²) in [5.74, 6) is 0. The van der Waals surface area contributed by atoms with E-state index >= 15 is 0 Å². The molecule has 1 aliphatic carbocycles. The number of thiophene rings is 1. The molecule has 0 saturated heterocycles. The maximum Gasteiger partial charge on any atom is 0.0646 e. The van der Waals surface area contributed by atoms with Crippen molar-refractivity contribution in [1.82, 2.24) is 0 Å². The van der Waals surface area contributed by atoms with E-state index in [0.717, 1.165) is 0 Å². The van der Waals surface area contributed by atoms with Crippen molar-refractivity contribution in [2.75, 3.05) is 0 Å². The Labute approximate surface area is 113 Å². The molecule has 1 heterocycles. The number of hydrogen-bond donors (Lipinski definition) is 1. The van der Waals surface area contributed by atoms with Gasteiger partial charge in [0.15, 0.2) is 0 Å². The Kier molecular flexibility index (Phi) is 3.23. The molecule has 3 rings (SSSR count). The lowest BCUT2D eigenvalue weighted by Crippen LogP contribution is -2.09. The summed E-state index contributed by atoms with van der Waals surface area (Å²) in [4.78, 5) is 2.89. The highest BCUT2D eigenvalue weighted by Gasteiger charge is 2.17. The number of aryl methyl sites for hydroxylation is 3. The highest BCUT2D eigenvalue weighted by Crippen LogP contribution is 2.34. The molecule has 0 aliphatic heterocycles. The minimum Gasteiger partial charge on any atom is -0.320 e. The van der Waals surface area contributed by atoms with Gasteiger partial charge in [0.25, 0.3) is 0 Å². The lowest BCUT2D eigenvalue weighted by atomic mass is 9.98. The summed E-state index contributed by atoms with van der Waals surface area (Å²) in [6.45, 7) is 2.11. The average molecular weight is 257 g/mol. The van der Waals surface area contributed by atoms with Crippen molar-refractivity contribution in [2.24, 2.45) is 5.73 Å². The molecule has 1 atom stereocenters. The second-order valence-corrected chi connectivity index (χ2v) is 6.36. The van der Waals surface area contributed by atoms with E-state index in [-0.39, 0.29) is 6.04 Å². The Morgan fingerprint density at radius 1 is 1.11 bits per heavy atom. The Morgan fingerprint density at radius 3 is 2.56 bits per heavy atom. The maximum absolute atomic E-state index is 6.39. The first kappa shape index (κ1) is 11.9. The molecule has 2 N–H and O–H groups in total. The molecule has 0 amide bonds. The highest BCUT2D eigenvalue weighted by molar-refractivity contribution is 7.12. The van der Waals surface area contributed by atoms with E-state index in [1.54, 1.807) is 10.4 Å². The molecule has 94 valence electrons. The molecule has 1 unspecified atom stereocenters. The molecule has 0 bridgehead atoms. The minimum atomic E-state index is 0.0428. The Bertz CT molecular complexity index is 515. The molecule has 18 heavy (non-hydrogen) atoms. The lowest BCUT2D eigenvalue weighted by Gasteiger charge is -2.10. The van der Waals surface area contributed by atoms with E-state index in [4.69, 9.17) is 5.73 Å². The van der Waals surface area contributed by atoms with Crippen molar-refractivity contribution >= 4 is 11.3 Å². The SMILES string of the molecule is Cc1ccc(C(N)c2cc3c(s2)CCCC3)cc1. The normalized spacial score (nSPS) is 16.3. The van der Waals surface area contributed by atoms with Crippen molar-refractivity contribution < 1.29 is 0 Å². The number of hydrogen-bond acceptors (Lipinski definition) is 2. The molecule has 1 aromatic carbocycles. The standard InChI is InChI=1S/C16H19NS/c1-11-6-8-12(9-7-11)16(17)15-10-13-4-2-3-5-14(13)18-15/h6-10,16H,2-5,17H2,1H3. The third kappa shape index (κ3) is 2.23. The summed E-state index contributed by atoms with van der Waals surface area (Å²) < 4.78 is 0. The molecular weight excluding hydrogens is 238 g/mol. The largest absolute Gasteiger partial charge is 0.320 e. The maximum atomic E-state index is 6.39. The van der Waals surface area contributed by atoms with Gasteiger partial charge in [-0.3, -0.25) is 0 Å². The van der Waals surface area contributed by atoms with Gasteiger partial charge in [-0.05, 0) is 49.8 Å². The van der Waals surface area contributed by atoms with Crippen LogP contribution in [-0.2, 0) is 12.8 Å². The molecule has 0 radical (unpaired) electrons. The highest BCUT2D eigenvalue weighted by atomic mass is 32.1. The van der Waals surface area contributed by atoms with Crippen LogP contribution in [0.5, 0.6) is 0 Å². The summed E-state index contributed by atoms with van der Waals surface area (Å²) in [5.41, 5.74) is 10.4. The Hall–Kier alpha value is -1.12. The first-order chi connectivity index (χ1) is 8.74. The van der Waals surface area contributed by atoms with Gasteiger partial charge in [0, 0.05) is 9.75 Å². The Balaban J connectivity index is 1.89. The van der Waals surface area contributed by atoms with Crippen LogP contribution in [0.15, 0.2) is 30.3 Å². The molecule has 1 nitrogen and oxygen atoms in total. The number of rotatable bonds is 2. The summed E-state index contributed by atoms with van der Waals surface area (Å²) in [6, 6.07) is 11.0. The fraction of sp³-hybridized carbons (Fsp3) is 0.375. The van der Waals surface area contributed by atoms with Gasteiger partial charge in [-0.15, -0.1) is 11.3 Å². The van der Waals surface area contributed by atoms with E-state index in [1.165, 1.54) is 41.7 Å². The Morgan fingerprint density at radius 2 is 1.83 bits per heavy atom. The van der Waals surface area contributed by atoms with Crippen LogP contribution >= 0.6 is 11.3 Å². The quantitative estimate of drug-likeness (QED) is 0.865. The smallest absolute Gasteiger partial charge is 0.0646 e. The third-order valence-corrected chi connectivity index (χ3v) is 5.08. The molecule has 2 aromatic rings. The molecule has 0 fully saturated rings. The van der Waals surface area contributed by atoms with Crippen LogP contribution in [-0.4, -0.2) is 0 Å². The summed E-state index contributed by atoms with van der Waals surface area (Å²) in [6.07, 6.45) is 5.17. The number of nitrogens with two attached hydrogens (primary N) is 1. The summed E-state index contributed by atoms with van der Waals surface area (Å²) in [5, 5.41) is 0. The van der Waals surface area contributed by atoms with Crippen LogP contribution in [0.1, 0.15) is 45.3 Å². The van der Waals surface area contributed by atoms with E-state index in [1.807, 2.05) is 11.3 Å². The average Bonchev–Trinajstić information content (AvgIpc) is 2.82. The summed E-state index contributed by atoms with van der Waals surface area (Å²) in [7, 11) is 0. The van der Waals surface area contributed by atoms with Gasteiger partial charge >= 0.3 is 0 Å². The summed E-state index contributed by atoms with van der Waals surface area (Å²) >= 11 is 1.92. The van der Waals surface area contributed by atoms with Crippen molar-refractivity contribution in [3.8, 4) is 0 Å². The van der Waals surface area contributed by atoms with Gasteiger partial charge < -0.3 is 5.73 Å². The van der Waals surface area contributed by atoms with Crippen molar-refractivity contribution in [3.63, 3.8) is 0 Å². The van der Waals surface area contributed by atoms with Crippen LogP contribution in [0.25, 0.3) is 0 Å². The predicted molar refractivity (Wildman–Crippen MR) is 78.2 cm³/mol. The predicted octanol–water partition coefficient (Wildman–Crippen LogP) is 3.98. The minimum absolute atomic E-state index is 0.0428. The van der Waals surface area contributed by atoms with Gasteiger partial charge in [0.2, 0.25) is 0 Å². The van der Waals surface area contributed by atoms with Crippen molar-refractivity contribution in [2.45, 2.75) is 38.6 Å². The zero-order valence-corrected chi connectivity index (χ0v) is 11.6. The van der Waals surface area contributed by atoms with Crippen LogP contribution in [0.2, 0.25) is 0 Å². The molecule has 0 spiro atoms. The second-order valence-electron chi connectivity index (χ2n) is 5.19. The molecule has 2 heteroatoms. The van der Waals surface area contributed by atoms with Gasteiger partial charge in [-0.25, -0.2) is 0 Å². The van der Waals surface area contributed by atoms with Gasteiger partial charge in [-0.1, -0.05) is 29.8 Å². The van der Waals surface area contributed by atoms with Crippen LogP contribution < -0.4 is 5.73 Å². The van der Waals surface area contributed by atoms with Crippen LogP contribution in [0.3, 0.4) is 0 Å². The van der Waals surface area contributed by atoms with E-state index in [0.29, 0.717) is 0 Å². The molecule has 0 saturated carbocycles. The molecular formula is C16H19NS. The monoisotopic (exact) mass is 257 g/mol. The molecule has 1 aliphatic rings. The number of benzene rings is 1. The third-order valence-electron chi connectivity index (χ3n) is 3.76. The van der Waals surface area contributed by atoms with E-state index in [9.17, 15) is 0 Å². The zero-order chi connectivity index (χ0) is 12.5. The lowest BCUT2D eigenvalue weighted by molar-refractivity contribution is 0.696. The van der Waals surface area contributed by atoms with Crippen LogP contribution in [0.4, 0.5) is 0 Å². The molecule has 1 aromatic heterocycles. The van der Waals surface area contributed by atoms with Gasteiger partial charge in [-0.2, -0.15) is 0 Å². The van der Waals surface area contributed by atoms with Crippen LogP contribution in [0, 0.1) is 6.92 Å². The van der Waals surface area contributed by atoms with Gasteiger partial charge in [0.1, 0.15) is 0 Å². The number of fused-ring (bicyclic) bond motifs is 1. The fourth-order valence-corrected chi connectivity index (χ4v) is 3.89. The first-order valence-electron chi connectivity index (χ1n) is 6.67. The second kappa shape index (κ2) is 4.87. The van der Waals surface area contributed by atoms with Crippen molar-refractivity contribution in [1.29, 1.82) is 0 Å². The topological polar surface area (TPSA) is 26.0 Å². The van der Waals surface area contributed by atoms with E-state index in [2.05, 4.69) is 37.3 Å². The first-order valence-corrected chi connectivity index (χ1v) is 7.49. The fourth-order valence-electron chi connectivity index (χ4n) is 2.60.